The van der Waals surface area contributed by atoms with Crippen molar-refractivity contribution < 1.29 is 22.7 Å². The Hall–Kier alpha value is -0.980. The number of nitrogens with zero attached hydrogens (tertiary/aromatic N) is 1. The maximum absolute atomic E-state index is 11.5. The Morgan fingerprint density at radius 3 is 2.00 bits per heavy atom. The molecule has 2 rings (SSSR count). The van der Waals surface area contributed by atoms with Gasteiger partial charge in [-0.1, -0.05) is 0 Å². The predicted molar refractivity (Wildman–Crippen MR) is 64.5 cm³/mol. The van der Waals surface area contributed by atoms with E-state index >= 15 is 0 Å². The third kappa shape index (κ3) is 6.13. The number of likely N-dealkylation sites (tertiary alicyclic amines) is 1. The number of amides is 1. The molecule has 1 aliphatic heterocycles. The molecular weight excluding hydrogens is 261 g/mol. The van der Waals surface area contributed by atoms with Crippen molar-refractivity contribution in [2.75, 3.05) is 19.6 Å². The van der Waals surface area contributed by atoms with Crippen molar-refractivity contribution in [1.29, 1.82) is 0 Å². The maximum Gasteiger partial charge on any atom is 0.410 e. The van der Waals surface area contributed by atoms with E-state index in [0.717, 1.165) is 24.9 Å². The molecule has 2 unspecified atom stereocenters. The van der Waals surface area contributed by atoms with Crippen LogP contribution in [-0.4, -0.2) is 42.4 Å². The molecule has 4 nitrogen and oxygen atoms in total. The molecular formula is C12H21F3N2O2. The number of ether oxygens (including phenoxy) is 1. The van der Waals surface area contributed by atoms with Crippen LogP contribution in [0.3, 0.4) is 0 Å². The summed E-state index contributed by atoms with van der Waals surface area (Å²) in [6.07, 6.45) is -3.00. The molecule has 2 fully saturated rings. The molecule has 7 heteroatoms. The number of fused-ring (bicyclic) bond motifs is 1. The Kier molecular flexibility index (Phi) is 4.71. The third-order valence-corrected chi connectivity index (χ3v) is 2.86. The van der Waals surface area contributed by atoms with Crippen molar-refractivity contribution in [3.05, 3.63) is 0 Å². The molecule has 0 aromatic rings. The van der Waals surface area contributed by atoms with Crippen molar-refractivity contribution in [2.24, 2.45) is 17.6 Å². The SMILES string of the molecule is CC(C)(C)OC(=O)N1CC2CC2C1.NCC(F)(F)F. The van der Waals surface area contributed by atoms with Crippen molar-refractivity contribution >= 4 is 6.09 Å². The topological polar surface area (TPSA) is 55.6 Å². The first-order chi connectivity index (χ1) is 8.52. The number of halogens is 3. The molecule has 1 heterocycles. The summed E-state index contributed by atoms with van der Waals surface area (Å²) in [5, 5.41) is 0. The quantitative estimate of drug-likeness (QED) is 0.742. The molecule has 2 aliphatic rings. The smallest absolute Gasteiger partial charge is 0.410 e. The summed E-state index contributed by atoms with van der Waals surface area (Å²) >= 11 is 0. The number of rotatable bonds is 0. The monoisotopic (exact) mass is 282 g/mol. The molecule has 2 atom stereocenters. The third-order valence-electron chi connectivity index (χ3n) is 2.86. The average Bonchev–Trinajstić information content (AvgIpc) is 2.83. The average molecular weight is 282 g/mol. The molecule has 19 heavy (non-hydrogen) atoms. The van der Waals surface area contributed by atoms with Crippen LogP contribution in [0.25, 0.3) is 0 Å². The molecule has 1 amide bonds. The van der Waals surface area contributed by atoms with Gasteiger partial charge in [0.05, 0.1) is 6.54 Å². The molecule has 0 spiro atoms. The van der Waals surface area contributed by atoms with E-state index in [1.807, 2.05) is 25.7 Å². The van der Waals surface area contributed by atoms with Gasteiger partial charge in [0.15, 0.2) is 0 Å². The molecule has 2 N–H and O–H groups in total. The van der Waals surface area contributed by atoms with E-state index in [4.69, 9.17) is 4.74 Å². The summed E-state index contributed by atoms with van der Waals surface area (Å²) in [6.45, 7) is 6.32. The fourth-order valence-electron chi connectivity index (χ4n) is 1.87. The number of carbonyl (C=O) groups is 1. The van der Waals surface area contributed by atoms with Gasteiger partial charge < -0.3 is 15.4 Å². The molecule has 0 bridgehead atoms. The second kappa shape index (κ2) is 5.56. The highest BCUT2D eigenvalue weighted by molar-refractivity contribution is 5.68. The van der Waals surface area contributed by atoms with Crippen LogP contribution in [0, 0.1) is 11.8 Å². The second-order valence-electron chi connectivity index (χ2n) is 5.96. The number of nitrogens with two attached hydrogens (primary N) is 1. The molecule has 1 saturated heterocycles. The Balaban J connectivity index is 0.000000258. The second-order valence-corrected chi connectivity index (χ2v) is 5.96. The fourth-order valence-corrected chi connectivity index (χ4v) is 1.87. The first-order valence-electron chi connectivity index (χ1n) is 6.26. The van der Waals surface area contributed by atoms with Gasteiger partial charge in [-0.25, -0.2) is 4.79 Å². The van der Waals surface area contributed by atoms with E-state index in [2.05, 4.69) is 5.73 Å². The van der Waals surface area contributed by atoms with E-state index < -0.39 is 12.7 Å². The van der Waals surface area contributed by atoms with E-state index in [1.165, 1.54) is 6.42 Å². The summed E-state index contributed by atoms with van der Waals surface area (Å²) in [5.41, 5.74) is 3.82. The lowest BCUT2D eigenvalue weighted by Crippen LogP contribution is -2.36. The normalized spacial score (nSPS) is 25.3. The zero-order chi connectivity index (χ0) is 14.8. The van der Waals surface area contributed by atoms with Crippen molar-refractivity contribution in [3.63, 3.8) is 0 Å². The van der Waals surface area contributed by atoms with Crippen molar-refractivity contribution in [3.8, 4) is 0 Å². The number of alkyl halides is 3. The van der Waals surface area contributed by atoms with Gasteiger partial charge in [-0.15, -0.1) is 0 Å². The summed E-state index contributed by atoms with van der Waals surface area (Å²) in [5.74, 6) is 1.57. The first kappa shape index (κ1) is 16.1. The van der Waals surface area contributed by atoms with Crippen LogP contribution in [0.5, 0.6) is 0 Å². The Bertz CT molecular complexity index is 316. The van der Waals surface area contributed by atoms with Gasteiger partial charge in [-0.3, -0.25) is 0 Å². The Morgan fingerprint density at radius 1 is 1.26 bits per heavy atom. The summed E-state index contributed by atoms with van der Waals surface area (Å²) in [6, 6.07) is 0. The predicted octanol–water partition coefficient (Wildman–Crippen LogP) is 2.38. The van der Waals surface area contributed by atoms with E-state index in [-0.39, 0.29) is 11.7 Å². The van der Waals surface area contributed by atoms with Crippen LogP contribution in [0.15, 0.2) is 0 Å². The van der Waals surface area contributed by atoms with Gasteiger partial charge in [-0.2, -0.15) is 13.2 Å². The fraction of sp³-hybridized carbons (Fsp3) is 0.917. The van der Waals surface area contributed by atoms with Crippen LogP contribution in [-0.2, 0) is 4.74 Å². The molecule has 0 aromatic carbocycles. The lowest BCUT2D eigenvalue weighted by molar-refractivity contribution is -0.118. The number of carbonyl (C=O) groups excluding carboxylic acids is 1. The van der Waals surface area contributed by atoms with Gasteiger partial charge in [0, 0.05) is 13.1 Å². The largest absolute Gasteiger partial charge is 0.444 e. The minimum absolute atomic E-state index is 0.139. The summed E-state index contributed by atoms with van der Waals surface area (Å²) in [7, 11) is 0. The highest BCUT2D eigenvalue weighted by atomic mass is 19.4. The number of hydrogen-bond donors (Lipinski definition) is 1. The standard InChI is InChI=1S/C10H17NO2.C2H4F3N/c1-10(2,3)13-9(12)11-5-7-4-8(7)6-11;3-2(4,5)1-6/h7-8H,4-6H2,1-3H3;1,6H2. The Labute approximate surface area is 111 Å². The molecule has 112 valence electrons. The lowest BCUT2D eigenvalue weighted by Gasteiger charge is -2.25. The van der Waals surface area contributed by atoms with E-state index in [1.54, 1.807) is 0 Å². The Morgan fingerprint density at radius 2 is 1.68 bits per heavy atom. The number of hydrogen-bond acceptors (Lipinski definition) is 3. The van der Waals surface area contributed by atoms with Gasteiger partial charge in [-0.05, 0) is 39.0 Å². The van der Waals surface area contributed by atoms with Crippen LogP contribution >= 0.6 is 0 Å². The summed E-state index contributed by atoms with van der Waals surface area (Å²) < 4.78 is 37.3. The summed E-state index contributed by atoms with van der Waals surface area (Å²) in [4.78, 5) is 13.4. The zero-order valence-corrected chi connectivity index (χ0v) is 11.5. The zero-order valence-electron chi connectivity index (χ0n) is 11.5. The van der Waals surface area contributed by atoms with Crippen LogP contribution in [0.4, 0.5) is 18.0 Å². The lowest BCUT2D eigenvalue weighted by atomic mass is 10.2. The first-order valence-corrected chi connectivity index (χ1v) is 6.26. The van der Waals surface area contributed by atoms with Crippen molar-refractivity contribution in [1.82, 2.24) is 4.90 Å². The van der Waals surface area contributed by atoms with Gasteiger partial charge >= 0.3 is 12.3 Å². The minimum Gasteiger partial charge on any atom is -0.444 e. The van der Waals surface area contributed by atoms with Crippen LogP contribution in [0.1, 0.15) is 27.2 Å². The number of piperidine rings is 1. The minimum atomic E-state index is -4.18. The highest BCUT2D eigenvalue weighted by Gasteiger charge is 2.47. The van der Waals surface area contributed by atoms with Crippen LogP contribution < -0.4 is 5.73 Å². The molecule has 0 radical (unpaired) electrons. The van der Waals surface area contributed by atoms with Gasteiger partial charge in [0.1, 0.15) is 5.60 Å². The van der Waals surface area contributed by atoms with Gasteiger partial charge in [0.25, 0.3) is 0 Å². The van der Waals surface area contributed by atoms with E-state index in [9.17, 15) is 18.0 Å². The highest BCUT2D eigenvalue weighted by Crippen LogP contribution is 2.45. The van der Waals surface area contributed by atoms with Gasteiger partial charge in [0.2, 0.25) is 0 Å². The molecule has 0 aromatic heterocycles. The molecule has 1 saturated carbocycles. The maximum atomic E-state index is 11.5. The van der Waals surface area contributed by atoms with E-state index in [0.29, 0.717) is 0 Å². The van der Waals surface area contributed by atoms with Crippen molar-refractivity contribution in [2.45, 2.75) is 39.0 Å². The van der Waals surface area contributed by atoms with Crippen LogP contribution in [0.2, 0.25) is 0 Å². The molecule has 1 aliphatic carbocycles.